The van der Waals surface area contributed by atoms with Gasteiger partial charge in [0.25, 0.3) is 0 Å². The highest BCUT2D eigenvalue weighted by atomic mass is 79.9. The van der Waals surface area contributed by atoms with E-state index in [9.17, 15) is 29.7 Å². The summed E-state index contributed by atoms with van der Waals surface area (Å²) in [5.74, 6) is -4.19. The zero-order valence-electron chi connectivity index (χ0n) is 15.7. The van der Waals surface area contributed by atoms with E-state index in [4.69, 9.17) is 0 Å². The van der Waals surface area contributed by atoms with E-state index in [1.54, 1.807) is 0 Å². The van der Waals surface area contributed by atoms with Crippen molar-refractivity contribution >= 4 is 65.4 Å². The van der Waals surface area contributed by atoms with E-state index in [-0.39, 0.29) is 0 Å². The number of aliphatic hydroxyl groups is 3. The Morgan fingerprint density at radius 2 is 1.26 bits per heavy atom. The van der Waals surface area contributed by atoms with Crippen molar-refractivity contribution in [3.05, 3.63) is 11.6 Å². The molecule has 3 N–H and O–H groups in total. The number of hydrogen-bond acceptors (Lipinski definition) is 6. The average Bonchev–Trinajstić information content (AvgIpc) is 2.46. The number of rotatable bonds is 4. The second-order valence-electron chi connectivity index (χ2n) is 7.63. The zero-order chi connectivity index (χ0) is 21.7. The van der Waals surface area contributed by atoms with E-state index in [0.717, 1.165) is 0 Å². The number of carbonyl (C=O) groups is 3. The third-order valence-corrected chi connectivity index (χ3v) is 4.85. The molecule has 154 valence electrons. The predicted octanol–water partition coefficient (Wildman–Crippen LogP) is 2.68. The van der Waals surface area contributed by atoms with Gasteiger partial charge in [0.1, 0.15) is 0 Å². The maximum absolute atomic E-state index is 12.9. The van der Waals surface area contributed by atoms with Gasteiger partial charge in [-0.25, -0.2) is 4.90 Å². The first-order valence-corrected chi connectivity index (χ1v) is 10.3. The molecule has 1 rings (SSSR count). The Bertz CT molecular complexity index is 688. The summed E-state index contributed by atoms with van der Waals surface area (Å²) in [6, 6.07) is -1.69. The van der Waals surface area contributed by atoms with E-state index < -0.39 is 54.6 Å². The SMILES string of the molecule is CC(C)(Br)C(=O)C1C(O)=C(O)N(C(=O)C(C)(C)Br)C(O)N1C(=O)C(C)(C)Br. The average molecular weight is 579 g/mol. The van der Waals surface area contributed by atoms with Gasteiger partial charge < -0.3 is 15.3 Å². The van der Waals surface area contributed by atoms with Crippen LogP contribution in [0.4, 0.5) is 0 Å². The number of nitrogens with zero attached hydrogens (tertiary/aromatic N) is 2. The lowest BCUT2D eigenvalue weighted by molar-refractivity contribution is -0.186. The number of halogens is 3. The van der Waals surface area contributed by atoms with Crippen molar-refractivity contribution in [2.45, 2.75) is 66.9 Å². The minimum atomic E-state index is -2.02. The summed E-state index contributed by atoms with van der Waals surface area (Å²) in [6.45, 7) is 8.88. The van der Waals surface area contributed by atoms with Gasteiger partial charge in [0.15, 0.2) is 17.6 Å². The lowest BCUT2D eigenvalue weighted by Crippen LogP contribution is -2.67. The third-order valence-electron chi connectivity index (χ3n) is 3.78. The van der Waals surface area contributed by atoms with Gasteiger partial charge in [0.05, 0.1) is 13.0 Å². The number of alkyl halides is 3. The lowest BCUT2D eigenvalue weighted by Gasteiger charge is -2.46. The fourth-order valence-corrected chi connectivity index (χ4v) is 2.95. The first-order chi connectivity index (χ1) is 11.8. The molecule has 1 aliphatic rings. The van der Waals surface area contributed by atoms with E-state index in [2.05, 4.69) is 47.8 Å². The Morgan fingerprint density at radius 3 is 1.59 bits per heavy atom. The quantitative estimate of drug-likeness (QED) is 0.442. The summed E-state index contributed by atoms with van der Waals surface area (Å²) < 4.78 is -3.65. The van der Waals surface area contributed by atoms with E-state index in [0.29, 0.717) is 9.80 Å². The monoisotopic (exact) mass is 576 g/mol. The summed E-state index contributed by atoms with van der Waals surface area (Å²) in [6.07, 6.45) is -2.02. The highest BCUT2D eigenvalue weighted by molar-refractivity contribution is 9.10. The molecule has 0 bridgehead atoms. The van der Waals surface area contributed by atoms with Crippen LogP contribution in [0.1, 0.15) is 41.5 Å². The fraction of sp³-hybridized carbons (Fsp3) is 0.688. The van der Waals surface area contributed by atoms with Crippen LogP contribution in [0.3, 0.4) is 0 Å². The van der Waals surface area contributed by atoms with E-state index in [1.165, 1.54) is 41.5 Å². The van der Waals surface area contributed by atoms with Crippen molar-refractivity contribution in [2.75, 3.05) is 0 Å². The minimum Gasteiger partial charge on any atom is -0.505 e. The number of carbonyl (C=O) groups excluding carboxylic acids is 3. The lowest BCUT2D eigenvalue weighted by atomic mass is 9.95. The largest absolute Gasteiger partial charge is 0.505 e. The second kappa shape index (κ2) is 7.64. The Balaban J connectivity index is 3.71. The normalized spacial score (nSPS) is 22.1. The molecule has 0 spiro atoms. The fourth-order valence-electron chi connectivity index (χ4n) is 2.34. The second-order valence-corrected chi connectivity index (χ2v) is 13.6. The number of hydrogen-bond donors (Lipinski definition) is 3. The Kier molecular flexibility index (Phi) is 6.90. The van der Waals surface area contributed by atoms with Crippen LogP contribution < -0.4 is 0 Å². The highest BCUT2D eigenvalue weighted by Crippen LogP contribution is 2.36. The van der Waals surface area contributed by atoms with Crippen LogP contribution in [0.2, 0.25) is 0 Å². The smallest absolute Gasteiger partial charge is 0.249 e. The molecule has 2 atom stereocenters. The number of amides is 2. The molecule has 0 saturated heterocycles. The molecule has 0 aromatic rings. The molecule has 0 aromatic heterocycles. The minimum absolute atomic E-state index is 0.464. The Labute approximate surface area is 183 Å². The highest BCUT2D eigenvalue weighted by Gasteiger charge is 2.54. The molecule has 27 heavy (non-hydrogen) atoms. The molecular weight excluding hydrogens is 556 g/mol. The predicted molar refractivity (Wildman–Crippen MR) is 110 cm³/mol. The van der Waals surface area contributed by atoms with Crippen molar-refractivity contribution in [3.63, 3.8) is 0 Å². The molecule has 0 aromatic carbocycles. The van der Waals surface area contributed by atoms with Gasteiger partial charge in [0, 0.05) is 0 Å². The van der Waals surface area contributed by atoms with Crippen LogP contribution in [0.5, 0.6) is 0 Å². The van der Waals surface area contributed by atoms with Gasteiger partial charge in [-0.15, -0.1) is 0 Å². The van der Waals surface area contributed by atoms with Gasteiger partial charge in [-0.05, 0) is 41.5 Å². The summed E-state index contributed by atoms with van der Waals surface area (Å²) in [5, 5.41) is 31.6. The van der Waals surface area contributed by atoms with Crippen LogP contribution in [0, 0.1) is 0 Å². The molecule has 0 fully saturated rings. The number of Topliss-reactive ketones (excluding diaryl/α,β-unsaturated/α-hetero) is 1. The van der Waals surface area contributed by atoms with Gasteiger partial charge in [-0.1, -0.05) is 47.8 Å². The molecule has 1 heterocycles. The molecule has 0 saturated carbocycles. The number of aliphatic hydroxyl groups excluding tert-OH is 3. The van der Waals surface area contributed by atoms with E-state index in [1.807, 2.05) is 0 Å². The molecule has 1 aliphatic heterocycles. The Morgan fingerprint density at radius 1 is 0.852 bits per heavy atom. The molecule has 2 unspecified atom stereocenters. The van der Waals surface area contributed by atoms with Crippen molar-refractivity contribution in [3.8, 4) is 0 Å². The molecule has 11 heteroatoms. The first kappa shape index (κ1) is 24.4. The summed E-state index contributed by atoms with van der Waals surface area (Å²) in [7, 11) is 0. The molecular formula is C16H23Br3N2O6. The third kappa shape index (κ3) is 4.86. The molecule has 0 radical (unpaired) electrons. The van der Waals surface area contributed by atoms with Crippen LogP contribution in [0.15, 0.2) is 11.6 Å². The van der Waals surface area contributed by atoms with Gasteiger partial charge in [0.2, 0.25) is 24.0 Å². The van der Waals surface area contributed by atoms with Crippen LogP contribution in [0.25, 0.3) is 0 Å². The zero-order valence-corrected chi connectivity index (χ0v) is 20.5. The van der Waals surface area contributed by atoms with Gasteiger partial charge in [-0.3, -0.25) is 19.3 Å². The van der Waals surface area contributed by atoms with Gasteiger partial charge >= 0.3 is 0 Å². The van der Waals surface area contributed by atoms with Crippen molar-refractivity contribution in [1.29, 1.82) is 0 Å². The van der Waals surface area contributed by atoms with Crippen LogP contribution in [-0.2, 0) is 14.4 Å². The summed E-state index contributed by atoms with van der Waals surface area (Å²) >= 11 is 9.45. The van der Waals surface area contributed by atoms with Crippen LogP contribution in [-0.4, -0.2) is 68.1 Å². The van der Waals surface area contributed by atoms with Crippen molar-refractivity contribution < 1.29 is 29.7 Å². The first-order valence-electron chi connectivity index (χ1n) is 7.91. The maximum atomic E-state index is 12.9. The summed E-state index contributed by atoms with van der Waals surface area (Å²) in [4.78, 5) is 39.6. The van der Waals surface area contributed by atoms with E-state index >= 15 is 0 Å². The van der Waals surface area contributed by atoms with Crippen LogP contribution >= 0.6 is 47.8 Å². The Hall–Kier alpha value is -0.650. The molecule has 0 aliphatic carbocycles. The van der Waals surface area contributed by atoms with Gasteiger partial charge in [-0.2, -0.15) is 0 Å². The summed E-state index contributed by atoms with van der Waals surface area (Å²) in [5.41, 5.74) is 0. The number of ketones is 1. The van der Waals surface area contributed by atoms with Crippen molar-refractivity contribution in [2.24, 2.45) is 0 Å². The molecule has 8 nitrogen and oxygen atoms in total. The van der Waals surface area contributed by atoms with Crippen molar-refractivity contribution in [1.82, 2.24) is 9.80 Å². The standard InChI is InChI=1S/C16H23Br3N2O6/c1-14(2,17)9(23)7-8(22)10(24)21(12(26)16(5,6)19)13(27)20(7)11(25)15(3,4)18/h7,13,22,24,27H,1-6H3. The topological polar surface area (TPSA) is 118 Å². The maximum Gasteiger partial charge on any atom is 0.249 e. The molecule has 2 amide bonds.